The van der Waals surface area contributed by atoms with Gasteiger partial charge in [-0.2, -0.15) is 0 Å². The summed E-state index contributed by atoms with van der Waals surface area (Å²) in [6.07, 6.45) is -0.0882. The normalized spacial score (nSPS) is 11.5. The predicted octanol–water partition coefficient (Wildman–Crippen LogP) is 5.02. The van der Waals surface area contributed by atoms with Crippen molar-refractivity contribution in [1.29, 1.82) is 0 Å². The van der Waals surface area contributed by atoms with E-state index in [1.807, 2.05) is 18.2 Å². The molecule has 2 aromatic carbocycles. The topological polar surface area (TPSA) is 70.6 Å². The molecule has 6 nitrogen and oxygen atoms in total. The molecule has 0 N–H and O–H groups in total. The molecule has 0 fully saturated rings. The minimum atomic E-state index is -3.52. The Bertz CT molecular complexity index is 1140. The molecule has 1 aromatic heterocycles. The highest BCUT2D eigenvalue weighted by molar-refractivity contribution is 9.10. The van der Waals surface area contributed by atoms with Gasteiger partial charge < -0.3 is 4.90 Å². The first kappa shape index (κ1) is 26.7. The van der Waals surface area contributed by atoms with Gasteiger partial charge in [0.2, 0.25) is 5.91 Å². The van der Waals surface area contributed by atoms with Gasteiger partial charge >= 0.3 is 0 Å². The quantitative estimate of drug-likeness (QED) is 0.348. The lowest BCUT2D eigenvalue weighted by Gasteiger charge is -2.24. The SMILES string of the molecule is CCN(CC)CCN(C(=O)CCS(=O)(=O)c1ccccc1)c1nc2ccc(Br)cc2s1.Cl. The van der Waals surface area contributed by atoms with Crippen LogP contribution < -0.4 is 4.90 Å². The third kappa shape index (κ3) is 6.74. The van der Waals surface area contributed by atoms with Crippen molar-refractivity contribution in [2.75, 3.05) is 36.8 Å². The van der Waals surface area contributed by atoms with Crippen LogP contribution in [0.1, 0.15) is 20.3 Å². The zero-order valence-electron chi connectivity index (χ0n) is 18.0. The lowest BCUT2D eigenvalue weighted by atomic mass is 10.3. The Morgan fingerprint density at radius 2 is 1.75 bits per heavy atom. The van der Waals surface area contributed by atoms with Crippen LogP contribution in [-0.4, -0.2) is 56.1 Å². The molecule has 0 saturated heterocycles. The van der Waals surface area contributed by atoms with E-state index >= 15 is 0 Å². The first-order valence-corrected chi connectivity index (χ1v) is 13.5. The highest BCUT2D eigenvalue weighted by Gasteiger charge is 2.23. The molecule has 0 aliphatic rings. The molecule has 32 heavy (non-hydrogen) atoms. The molecule has 3 rings (SSSR count). The van der Waals surface area contributed by atoms with Crippen LogP contribution in [0.5, 0.6) is 0 Å². The Labute approximate surface area is 208 Å². The first-order chi connectivity index (χ1) is 14.8. The van der Waals surface area contributed by atoms with Crippen molar-refractivity contribution in [2.24, 2.45) is 0 Å². The summed E-state index contributed by atoms with van der Waals surface area (Å²) in [6.45, 7) is 7.09. The number of hydrogen-bond donors (Lipinski definition) is 0. The Balaban J connectivity index is 0.00000363. The number of sulfone groups is 1. The van der Waals surface area contributed by atoms with E-state index in [4.69, 9.17) is 0 Å². The van der Waals surface area contributed by atoms with Crippen molar-refractivity contribution in [3.05, 3.63) is 53.0 Å². The molecule has 1 amide bonds. The van der Waals surface area contributed by atoms with Crippen molar-refractivity contribution in [2.45, 2.75) is 25.2 Å². The summed E-state index contributed by atoms with van der Waals surface area (Å²) in [7, 11) is -3.52. The second-order valence-electron chi connectivity index (χ2n) is 7.06. The van der Waals surface area contributed by atoms with E-state index in [1.54, 1.807) is 35.2 Å². The van der Waals surface area contributed by atoms with E-state index in [9.17, 15) is 13.2 Å². The van der Waals surface area contributed by atoms with E-state index in [2.05, 4.69) is 39.7 Å². The van der Waals surface area contributed by atoms with Crippen LogP contribution in [0.2, 0.25) is 0 Å². The minimum absolute atomic E-state index is 0. The molecule has 0 spiro atoms. The van der Waals surface area contributed by atoms with Gasteiger partial charge in [0.25, 0.3) is 0 Å². The maximum Gasteiger partial charge on any atom is 0.229 e. The second-order valence-corrected chi connectivity index (χ2v) is 11.1. The molecular weight excluding hydrogens is 534 g/mol. The Morgan fingerprint density at radius 1 is 1.06 bits per heavy atom. The van der Waals surface area contributed by atoms with Gasteiger partial charge in [-0.1, -0.05) is 59.3 Å². The average Bonchev–Trinajstić information content (AvgIpc) is 3.18. The summed E-state index contributed by atoms with van der Waals surface area (Å²) < 4.78 is 27.2. The van der Waals surface area contributed by atoms with Gasteiger partial charge in [0.05, 0.1) is 20.9 Å². The molecule has 0 radical (unpaired) electrons. The van der Waals surface area contributed by atoms with E-state index in [0.29, 0.717) is 18.2 Å². The van der Waals surface area contributed by atoms with Gasteiger partial charge in [-0.05, 0) is 43.4 Å². The molecular formula is C22H27BrClN3O3S2. The number of amides is 1. The predicted molar refractivity (Wildman–Crippen MR) is 138 cm³/mol. The fraction of sp³-hybridized carbons (Fsp3) is 0.364. The van der Waals surface area contributed by atoms with E-state index < -0.39 is 9.84 Å². The smallest absolute Gasteiger partial charge is 0.229 e. The van der Waals surface area contributed by atoms with Gasteiger partial charge in [0.1, 0.15) is 0 Å². The van der Waals surface area contributed by atoms with Crippen LogP contribution in [0, 0.1) is 0 Å². The van der Waals surface area contributed by atoms with Crippen molar-refractivity contribution < 1.29 is 13.2 Å². The third-order valence-electron chi connectivity index (χ3n) is 5.09. The summed E-state index contributed by atoms with van der Waals surface area (Å²) in [5, 5.41) is 0.599. The first-order valence-electron chi connectivity index (χ1n) is 10.2. The van der Waals surface area contributed by atoms with Crippen LogP contribution in [0.3, 0.4) is 0 Å². The molecule has 174 valence electrons. The third-order valence-corrected chi connectivity index (χ3v) is 8.36. The molecule has 0 aliphatic carbocycles. The summed E-state index contributed by atoms with van der Waals surface area (Å²) in [5.74, 6) is -0.460. The van der Waals surface area contributed by atoms with E-state index in [-0.39, 0.29) is 35.4 Å². The molecule has 0 saturated carbocycles. The second kappa shape index (κ2) is 12.1. The number of carbonyl (C=O) groups excluding carboxylic acids is 1. The monoisotopic (exact) mass is 559 g/mol. The van der Waals surface area contributed by atoms with Gasteiger partial charge in [-0.3, -0.25) is 9.69 Å². The minimum Gasteiger partial charge on any atom is -0.302 e. The zero-order valence-corrected chi connectivity index (χ0v) is 22.1. The van der Waals surface area contributed by atoms with Crippen LogP contribution in [-0.2, 0) is 14.6 Å². The van der Waals surface area contributed by atoms with Crippen LogP contribution in [0.25, 0.3) is 10.2 Å². The van der Waals surface area contributed by atoms with Crippen LogP contribution in [0.4, 0.5) is 5.13 Å². The molecule has 3 aromatic rings. The van der Waals surface area contributed by atoms with Crippen molar-refractivity contribution in [3.63, 3.8) is 0 Å². The summed E-state index contributed by atoms with van der Waals surface area (Å²) in [5.41, 5.74) is 0.820. The number of aromatic nitrogens is 1. The largest absolute Gasteiger partial charge is 0.302 e. The Morgan fingerprint density at radius 3 is 2.41 bits per heavy atom. The number of nitrogens with zero attached hydrogens (tertiary/aromatic N) is 3. The van der Waals surface area contributed by atoms with Gasteiger partial charge in [-0.15, -0.1) is 12.4 Å². The van der Waals surface area contributed by atoms with E-state index in [1.165, 1.54) is 11.3 Å². The standard InChI is InChI=1S/C22H26BrN3O3S2.ClH/c1-3-25(4-2)13-14-26(22-24-19-11-10-17(23)16-20(19)30-22)21(27)12-15-31(28,29)18-8-6-5-7-9-18;/h5-11,16H,3-4,12-15H2,1-2H3;1H. The average molecular weight is 561 g/mol. The fourth-order valence-corrected chi connectivity index (χ4v) is 6.02. The number of thiazole rings is 1. The maximum absolute atomic E-state index is 13.2. The number of halogens is 2. The highest BCUT2D eigenvalue weighted by atomic mass is 79.9. The number of anilines is 1. The number of hydrogen-bond acceptors (Lipinski definition) is 6. The van der Waals surface area contributed by atoms with Crippen LogP contribution in [0.15, 0.2) is 57.9 Å². The Hall–Kier alpha value is -1.52. The number of fused-ring (bicyclic) bond motifs is 1. The van der Waals surface area contributed by atoms with E-state index in [0.717, 1.165) is 27.8 Å². The molecule has 0 atom stereocenters. The lowest BCUT2D eigenvalue weighted by Crippen LogP contribution is -2.39. The van der Waals surface area contributed by atoms with Gasteiger partial charge in [0, 0.05) is 24.0 Å². The molecule has 0 aliphatic heterocycles. The number of carbonyl (C=O) groups is 1. The van der Waals surface area contributed by atoms with Crippen molar-refractivity contribution >= 4 is 70.8 Å². The fourth-order valence-electron chi connectivity index (χ4n) is 3.21. The maximum atomic E-state index is 13.2. The van der Waals surface area contributed by atoms with Crippen molar-refractivity contribution in [1.82, 2.24) is 9.88 Å². The van der Waals surface area contributed by atoms with Crippen molar-refractivity contribution in [3.8, 4) is 0 Å². The van der Waals surface area contributed by atoms with Gasteiger partial charge in [-0.25, -0.2) is 13.4 Å². The summed E-state index contributed by atoms with van der Waals surface area (Å²) >= 11 is 4.91. The molecule has 10 heteroatoms. The highest BCUT2D eigenvalue weighted by Crippen LogP contribution is 2.31. The number of likely N-dealkylation sites (N-methyl/N-ethyl adjacent to an activating group) is 1. The molecule has 0 unspecified atom stereocenters. The van der Waals surface area contributed by atoms with Gasteiger partial charge in [0.15, 0.2) is 15.0 Å². The molecule has 1 heterocycles. The number of benzene rings is 2. The summed E-state index contributed by atoms with van der Waals surface area (Å²) in [6, 6.07) is 14.1. The number of rotatable bonds is 10. The summed E-state index contributed by atoms with van der Waals surface area (Å²) in [4.78, 5) is 21.9. The zero-order chi connectivity index (χ0) is 22.4. The molecule has 0 bridgehead atoms. The lowest BCUT2D eigenvalue weighted by molar-refractivity contribution is -0.118. The van der Waals surface area contributed by atoms with Crippen LogP contribution >= 0.6 is 39.7 Å². The Kier molecular flexibility index (Phi) is 10.1.